The number of methoxy groups -OCH3 is 1. The second kappa shape index (κ2) is 6.60. The van der Waals surface area contributed by atoms with Gasteiger partial charge >= 0.3 is 6.18 Å². The minimum Gasteiger partial charge on any atom is -0.496 e. The molecule has 0 aliphatic heterocycles. The van der Waals surface area contributed by atoms with Crippen molar-refractivity contribution in [3.8, 4) is 11.5 Å². The molecule has 0 heterocycles. The van der Waals surface area contributed by atoms with Crippen LogP contribution >= 0.6 is 0 Å². The first-order valence-electron chi connectivity index (χ1n) is 6.58. The first-order valence-corrected chi connectivity index (χ1v) is 6.58. The zero-order chi connectivity index (χ0) is 17.0. The average molecular weight is 325 g/mol. The molecule has 0 atom stereocenters. The topological polar surface area (TPSA) is 61.6 Å². The molecular formula is C16H14F3NO3. The van der Waals surface area contributed by atoms with Crippen molar-refractivity contribution in [3.63, 3.8) is 0 Å². The minimum atomic E-state index is -4.60. The highest BCUT2D eigenvalue weighted by atomic mass is 19.4. The molecule has 0 bridgehead atoms. The first kappa shape index (κ1) is 16.7. The van der Waals surface area contributed by atoms with Gasteiger partial charge in [-0.05, 0) is 17.7 Å². The maximum Gasteiger partial charge on any atom is 0.416 e. The van der Waals surface area contributed by atoms with Crippen LogP contribution in [-0.2, 0) is 12.8 Å². The third-order valence-electron chi connectivity index (χ3n) is 3.10. The predicted octanol–water partition coefficient (Wildman–Crippen LogP) is 3.39. The van der Waals surface area contributed by atoms with Gasteiger partial charge in [-0.3, -0.25) is 4.79 Å². The SMILES string of the molecule is COc1cc(C(F)(F)F)cc(OCc2ccccc2)c1C(N)=O. The third-order valence-corrected chi connectivity index (χ3v) is 3.10. The van der Waals surface area contributed by atoms with E-state index in [2.05, 4.69) is 0 Å². The highest BCUT2D eigenvalue weighted by Crippen LogP contribution is 2.38. The summed E-state index contributed by atoms with van der Waals surface area (Å²) in [5.41, 5.74) is 4.76. The highest BCUT2D eigenvalue weighted by molar-refractivity contribution is 5.98. The van der Waals surface area contributed by atoms with Gasteiger partial charge in [-0.2, -0.15) is 13.2 Å². The van der Waals surface area contributed by atoms with E-state index in [4.69, 9.17) is 15.2 Å². The molecule has 2 aromatic rings. The van der Waals surface area contributed by atoms with Crippen LogP contribution in [0.4, 0.5) is 13.2 Å². The summed E-state index contributed by atoms with van der Waals surface area (Å²) in [6.45, 7) is -0.00835. The summed E-state index contributed by atoms with van der Waals surface area (Å²) < 4.78 is 49.1. The van der Waals surface area contributed by atoms with Gasteiger partial charge < -0.3 is 15.2 Å². The van der Waals surface area contributed by atoms with Crippen molar-refractivity contribution < 1.29 is 27.4 Å². The van der Waals surface area contributed by atoms with Crippen LogP contribution in [0.1, 0.15) is 21.5 Å². The summed E-state index contributed by atoms with van der Waals surface area (Å²) in [5, 5.41) is 0. The number of carbonyl (C=O) groups excluding carboxylic acids is 1. The van der Waals surface area contributed by atoms with Crippen LogP contribution in [0.5, 0.6) is 11.5 Å². The van der Waals surface area contributed by atoms with E-state index in [0.717, 1.165) is 24.8 Å². The van der Waals surface area contributed by atoms with E-state index in [9.17, 15) is 18.0 Å². The largest absolute Gasteiger partial charge is 0.496 e. The summed E-state index contributed by atoms with van der Waals surface area (Å²) >= 11 is 0. The summed E-state index contributed by atoms with van der Waals surface area (Å²) in [7, 11) is 1.16. The van der Waals surface area contributed by atoms with E-state index >= 15 is 0 Å². The lowest BCUT2D eigenvalue weighted by Crippen LogP contribution is -2.16. The second-order valence-electron chi connectivity index (χ2n) is 4.69. The Morgan fingerprint density at radius 2 is 1.74 bits per heavy atom. The number of nitrogens with two attached hydrogens (primary N) is 1. The molecule has 23 heavy (non-hydrogen) atoms. The number of alkyl halides is 3. The second-order valence-corrected chi connectivity index (χ2v) is 4.69. The lowest BCUT2D eigenvalue weighted by atomic mass is 10.1. The lowest BCUT2D eigenvalue weighted by molar-refractivity contribution is -0.137. The number of carbonyl (C=O) groups is 1. The first-order chi connectivity index (χ1) is 10.8. The van der Waals surface area contributed by atoms with E-state index in [1.807, 2.05) is 0 Å². The van der Waals surface area contributed by atoms with Crippen LogP contribution in [0.3, 0.4) is 0 Å². The fraction of sp³-hybridized carbons (Fsp3) is 0.188. The standard InChI is InChI=1S/C16H14F3NO3/c1-22-12-7-11(16(17,18)19)8-13(14(12)15(20)21)23-9-10-5-3-2-4-6-10/h2-8H,9H2,1H3,(H2,20,21). The van der Waals surface area contributed by atoms with Gasteiger partial charge in [0.2, 0.25) is 0 Å². The molecule has 0 aliphatic carbocycles. The number of hydrogen-bond donors (Lipinski definition) is 1. The zero-order valence-electron chi connectivity index (χ0n) is 12.2. The summed E-state index contributed by atoms with van der Waals surface area (Å²) in [6.07, 6.45) is -4.60. The van der Waals surface area contributed by atoms with Crippen LogP contribution in [0.15, 0.2) is 42.5 Å². The Hall–Kier alpha value is -2.70. The van der Waals surface area contributed by atoms with E-state index in [1.54, 1.807) is 30.3 Å². The van der Waals surface area contributed by atoms with Gasteiger partial charge in [0.1, 0.15) is 23.7 Å². The molecule has 0 saturated carbocycles. The monoisotopic (exact) mass is 325 g/mol. The molecule has 7 heteroatoms. The van der Waals surface area contributed by atoms with Gasteiger partial charge in [-0.25, -0.2) is 0 Å². The molecule has 122 valence electrons. The molecule has 0 fully saturated rings. The number of ether oxygens (including phenoxy) is 2. The summed E-state index contributed by atoms with van der Waals surface area (Å²) in [5.74, 6) is -1.48. The van der Waals surface area contributed by atoms with Crippen molar-refractivity contribution in [2.75, 3.05) is 7.11 Å². The molecule has 0 saturated heterocycles. The average Bonchev–Trinajstić information content (AvgIpc) is 2.51. The van der Waals surface area contributed by atoms with E-state index in [1.165, 1.54) is 0 Å². The normalized spacial score (nSPS) is 11.1. The van der Waals surface area contributed by atoms with Crippen LogP contribution in [0.2, 0.25) is 0 Å². The van der Waals surface area contributed by atoms with Crippen molar-refractivity contribution in [2.45, 2.75) is 12.8 Å². The molecule has 0 aliphatic rings. The Morgan fingerprint density at radius 1 is 1.13 bits per heavy atom. The molecule has 0 unspecified atom stereocenters. The van der Waals surface area contributed by atoms with Gasteiger partial charge in [0.05, 0.1) is 12.7 Å². The summed E-state index contributed by atoms with van der Waals surface area (Å²) in [6, 6.07) is 10.3. The van der Waals surface area contributed by atoms with E-state index in [0.29, 0.717) is 0 Å². The van der Waals surface area contributed by atoms with Gasteiger partial charge in [0, 0.05) is 0 Å². The van der Waals surface area contributed by atoms with Gasteiger partial charge in [-0.15, -0.1) is 0 Å². The molecule has 2 rings (SSSR count). The Balaban J connectivity index is 2.43. The molecular weight excluding hydrogens is 311 g/mol. The molecule has 4 nitrogen and oxygen atoms in total. The molecule has 2 aromatic carbocycles. The van der Waals surface area contributed by atoms with Crippen molar-refractivity contribution in [1.82, 2.24) is 0 Å². The Labute approximate surface area is 130 Å². The van der Waals surface area contributed by atoms with Crippen molar-refractivity contribution in [1.29, 1.82) is 0 Å². The maximum atomic E-state index is 13.0. The maximum absolute atomic E-state index is 13.0. The zero-order valence-corrected chi connectivity index (χ0v) is 12.2. The quantitative estimate of drug-likeness (QED) is 0.916. The molecule has 0 aromatic heterocycles. The van der Waals surface area contributed by atoms with Gasteiger partial charge in [-0.1, -0.05) is 30.3 Å². The predicted molar refractivity (Wildman–Crippen MR) is 77.3 cm³/mol. The van der Waals surface area contributed by atoms with Gasteiger partial charge in [0.15, 0.2) is 0 Å². The number of hydrogen-bond acceptors (Lipinski definition) is 3. The Bertz CT molecular complexity index is 700. The van der Waals surface area contributed by atoms with Crippen molar-refractivity contribution in [3.05, 3.63) is 59.2 Å². The molecule has 2 N–H and O–H groups in total. The molecule has 0 spiro atoms. The highest BCUT2D eigenvalue weighted by Gasteiger charge is 2.33. The smallest absolute Gasteiger partial charge is 0.416 e. The van der Waals surface area contributed by atoms with Crippen molar-refractivity contribution >= 4 is 5.91 Å². The van der Waals surface area contributed by atoms with Crippen LogP contribution in [0, 0.1) is 0 Å². The fourth-order valence-electron chi connectivity index (χ4n) is 2.01. The summed E-state index contributed by atoms with van der Waals surface area (Å²) in [4.78, 5) is 11.6. The number of halogens is 3. The van der Waals surface area contributed by atoms with Gasteiger partial charge in [0.25, 0.3) is 5.91 Å². The third kappa shape index (κ3) is 3.94. The Kier molecular flexibility index (Phi) is 4.78. The van der Waals surface area contributed by atoms with Crippen molar-refractivity contribution in [2.24, 2.45) is 5.73 Å². The molecule has 1 amide bonds. The van der Waals surface area contributed by atoms with Crippen LogP contribution in [0.25, 0.3) is 0 Å². The van der Waals surface area contributed by atoms with E-state index < -0.39 is 17.6 Å². The Morgan fingerprint density at radius 3 is 2.26 bits per heavy atom. The fourth-order valence-corrected chi connectivity index (χ4v) is 2.01. The van der Waals surface area contributed by atoms with Crippen LogP contribution < -0.4 is 15.2 Å². The number of benzene rings is 2. The van der Waals surface area contributed by atoms with E-state index in [-0.39, 0.29) is 23.7 Å². The number of amides is 1. The molecule has 0 radical (unpaired) electrons. The minimum absolute atomic E-state index is 0.00835. The van der Waals surface area contributed by atoms with Crippen LogP contribution in [-0.4, -0.2) is 13.0 Å². The number of primary amides is 1. The number of rotatable bonds is 5. The lowest BCUT2D eigenvalue weighted by Gasteiger charge is -2.16.